The fourth-order valence-corrected chi connectivity index (χ4v) is 4.89. The first kappa shape index (κ1) is 38.8. The molecule has 3 aliphatic rings. The van der Waals surface area contributed by atoms with Crippen LogP contribution in [0, 0.1) is 17.8 Å². The van der Waals surface area contributed by atoms with Crippen molar-refractivity contribution in [2.24, 2.45) is 17.8 Å². The van der Waals surface area contributed by atoms with Gasteiger partial charge in [-0.15, -0.1) is 0 Å². The maximum absolute atomic E-state index is 14.0. The van der Waals surface area contributed by atoms with E-state index < -0.39 is 90.2 Å². The largest absolute Gasteiger partial charge is 0.452 e. The van der Waals surface area contributed by atoms with Crippen LogP contribution in [-0.4, -0.2) is 76.1 Å². The highest BCUT2D eigenvalue weighted by Crippen LogP contribution is 2.57. The fourth-order valence-electron chi connectivity index (χ4n) is 4.89. The van der Waals surface area contributed by atoms with E-state index in [4.69, 9.17) is 5.11 Å². The number of alkyl halides is 17. The summed E-state index contributed by atoms with van der Waals surface area (Å²) < 4.78 is 224. The number of aliphatic hydroxyl groups is 2. The van der Waals surface area contributed by atoms with Crippen LogP contribution in [0.3, 0.4) is 0 Å². The SMILES string of the molecule is C=C(C(=O)OC1CC(C)(C(F)(F)F)OC(O)(C(F)(F)F)C1(F)F)C(F)(F)F.OC(CC1CC2C=CC1C2)(C(F)(F)F)C(F)(F)F. The first-order chi connectivity index (χ1) is 19.6. The maximum atomic E-state index is 14.0. The average molecular weight is 700 g/mol. The highest BCUT2D eigenvalue weighted by molar-refractivity contribution is 5.89. The highest BCUT2D eigenvalue weighted by Gasteiger charge is 2.81. The monoisotopic (exact) mass is 700 g/mol. The molecule has 1 heterocycles. The van der Waals surface area contributed by atoms with Crippen LogP contribution in [0.25, 0.3) is 0 Å². The van der Waals surface area contributed by atoms with Crippen LogP contribution in [0.15, 0.2) is 24.3 Å². The summed E-state index contributed by atoms with van der Waals surface area (Å²) in [5.74, 6) is -15.3. The summed E-state index contributed by atoms with van der Waals surface area (Å²) in [6.45, 7) is 1.94. The average Bonchev–Trinajstić information content (AvgIpc) is 3.42. The molecule has 0 radical (unpaired) electrons. The molecule has 6 unspecified atom stereocenters. The van der Waals surface area contributed by atoms with E-state index in [1.165, 1.54) is 0 Å². The summed E-state index contributed by atoms with van der Waals surface area (Å²) in [5.41, 5.74) is -11.2. The van der Waals surface area contributed by atoms with Crippen molar-refractivity contribution in [2.45, 2.75) is 92.5 Å². The van der Waals surface area contributed by atoms with Gasteiger partial charge in [0.05, 0.1) is 0 Å². The summed E-state index contributed by atoms with van der Waals surface area (Å²) in [6.07, 6.45) is -32.3. The highest BCUT2D eigenvalue weighted by atomic mass is 19.4. The van der Waals surface area contributed by atoms with Crippen LogP contribution in [0.1, 0.15) is 32.6 Å². The summed E-state index contributed by atoms with van der Waals surface area (Å²) in [7, 11) is 0. The Kier molecular flexibility index (Phi) is 9.84. The van der Waals surface area contributed by atoms with Crippen LogP contribution >= 0.6 is 0 Å². The summed E-state index contributed by atoms with van der Waals surface area (Å²) in [4.78, 5) is 11.2. The number of carbonyl (C=O) groups excluding carboxylic acids is 1. The third-order valence-corrected chi connectivity index (χ3v) is 7.54. The molecule has 1 saturated heterocycles. The number of carbonyl (C=O) groups is 1. The van der Waals surface area contributed by atoms with Crippen LogP contribution in [0.5, 0.6) is 0 Å². The van der Waals surface area contributed by atoms with Crippen molar-refractivity contribution in [2.75, 3.05) is 0 Å². The van der Waals surface area contributed by atoms with Gasteiger partial charge in [0.15, 0.2) is 11.7 Å². The molecule has 262 valence electrons. The Morgan fingerprint density at radius 1 is 0.889 bits per heavy atom. The van der Waals surface area contributed by atoms with Crippen molar-refractivity contribution in [3.05, 3.63) is 24.3 Å². The zero-order chi connectivity index (χ0) is 35.6. The van der Waals surface area contributed by atoms with E-state index in [1.54, 1.807) is 6.08 Å². The minimum Gasteiger partial charge on any atom is -0.452 e. The van der Waals surface area contributed by atoms with Crippen molar-refractivity contribution >= 4 is 5.97 Å². The Balaban J connectivity index is 0.000000338. The molecule has 0 aromatic heterocycles. The number of esters is 1. The number of allylic oxidation sites excluding steroid dienone is 2. The molecule has 22 heteroatoms. The minimum atomic E-state index is -6.55. The molecule has 1 aliphatic heterocycles. The van der Waals surface area contributed by atoms with E-state index in [-0.39, 0.29) is 25.2 Å². The predicted molar refractivity (Wildman–Crippen MR) is 112 cm³/mol. The van der Waals surface area contributed by atoms with Gasteiger partial charge in [-0.3, -0.25) is 0 Å². The Morgan fingerprint density at radius 2 is 1.38 bits per heavy atom. The molecular weight excluding hydrogens is 679 g/mol. The predicted octanol–water partition coefficient (Wildman–Crippen LogP) is 7.09. The Hall–Kier alpha value is -2.36. The lowest BCUT2D eigenvalue weighted by molar-refractivity contribution is -0.501. The minimum absolute atomic E-state index is 0.0608. The van der Waals surface area contributed by atoms with Gasteiger partial charge in [-0.1, -0.05) is 18.7 Å². The van der Waals surface area contributed by atoms with Crippen molar-refractivity contribution in [1.29, 1.82) is 0 Å². The van der Waals surface area contributed by atoms with Gasteiger partial charge in [-0.25, -0.2) is 4.79 Å². The molecule has 45 heavy (non-hydrogen) atoms. The number of hydrogen-bond donors (Lipinski definition) is 2. The summed E-state index contributed by atoms with van der Waals surface area (Å²) in [5, 5.41) is 18.3. The van der Waals surface area contributed by atoms with Crippen LogP contribution in [-0.2, 0) is 14.3 Å². The number of fused-ring (bicyclic) bond motifs is 2. The summed E-state index contributed by atoms with van der Waals surface area (Å²) >= 11 is 0. The Labute approximate surface area is 240 Å². The van der Waals surface area contributed by atoms with E-state index in [0.29, 0.717) is 6.42 Å². The lowest BCUT2D eigenvalue weighted by atomic mass is 9.82. The van der Waals surface area contributed by atoms with Crippen LogP contribution in [0.2, 0.25) is 0 Å². The number of ether oxygens (including phenoxy) is 2. The van der Waals surface area contributed by atoms with Crippen molar-refractivity contribution in [3.8, 4) is 0 Å². The van der Waals surface area contributed by atoms with Crippen molar-refractivity contribution < 1.29 is 99.1 Å². The molecule has 6 atom stereocenters. The third kappa shape index (κ3) is 7.15. The first-order valence-corrected chi connectivity index (χ1v) is 12.1. The van der Waals surface area contributed by atoms with Gasteiger partial charge in [0.1, 0.15) is 5.57 Å². The fraction of sp³-hybridized carbons (Fsp3) is 0.783. The lowest BCUT2D eigenvalue weighted by Crippen LogP contribution is -2.74. The van der Waals surface area contributed by atoms with Crippen molar-refractivity contribution in [1.82, 2.24) is 0 Å². The molecule has 3 rings (SSSR count). The molecule has 2 bridgehead atoms. The zero-order valence-corrected chi connectivity index (χ0v) is 22.0. The first-order valence-electron chi connectivity index (χ1n) is 12.1. The van der Waals surface area contributed by atoms with Gasteiger partial charge < -0.3 is 19.7 Å². The smallest absolute Gasteiger partial charge is 0.449 e. The van der Waals surface area contributed by atoms with Gasteiger partial charge in [-0.05, 0) is 43.9 Å². The zero-order valence-electron chi connectivity index (χ0n) is 22.0. The standard InChI is InChI=1S/C12H9F11O4.C11H12F6O/c1-4(9(15,16)17)6(24)26-5-3-7(2,11(18,19)20)27-10(25,8(5,13)14)12(21,22)23;12-10(13,14)9(18,11(15,16)17)5-8-4-6-1-2-7(8)3-6/h5,25H,1,3H2,2H3;1-2,6-8,18H,3-5H2. The van der Waals surface area contributed by atoms with Gasteiger partial charge >= 0.3 is 48.6 Å². The topological polar surface area (TPSA) is 76.0 Å². The molecule has 5 nitrogen and oxygen atoms in total. The lowest BCUT2D eigenvalue weighted by Gasteiger charge is -2.50. The van der Waals surface area contributed by atoms with Crippen molar-refractivity contribution in [3.63, 3.8) is 0 Å². The normalized spacial score (nSPS) is 32.2. The van der Waals surface area contributed by atoms with Gasteiger partial charge in [0.25, 0.3) is 5.60 Å². The molecule has 0 aromatic rings. The molecule has 0 amide bonds. The van der Waals surface area contributed by atoms with E-state index in [0.717, 1.165) is 0 Å². The van der Waals surface area contributed by atoms with E-state index >= 15 is 0 Å². The van der Waals surface area contributed by atoms with Crippen LogP contribution in [0.4, 0.5) is 74.6 Å². The van der Waals surface area contributed by atoms with E-state index in [2.05, 4.69) is 16.1 Å². The summed E-state index contributed by atoms with van der Waals surface area (Å²) in [6, 6.07) is 0. The van der Waals surface area contributed by atoms with E-state index in [1.807, 2.05) is 6.08 Å². The van der Waals surface area contributed by atoms with E-state index in [9.17, 15) is 84.5 Å². The quantitative estimate of drug-likeness (QED) is 0.142. The molecule has 0 aromatic carbocycles. The second-order valence-electron chi connectivity index (χ2n) is 10.8. The second-order valence-corrected chi connectivity index (χ2v) is 10.8. The van der Waals surface area contributed by atoms with Gasteiger partial charge in [-0.2, -0.15) is 74.6 Å². The molecule has 0 spiro atoms. The molecule has 2 fully saturated rings. The molecular formula is C23H21F17O5. The third-order valence-electron chi connectivity index (χ3n) is 7.54. The Morgan fingerprint density at radius 3 is 1.71 bits per heavy atom. The van der Waals surface area contributed by atoms with Gasteiger partial charge in [0.2, 0.25) is 0 Å². The Bertz CT molecular complexity index is 1140. The maximum Gasteiger partial charge on any atom is 0.449 e. The number of halogens is 17. The molecule has 2 aliphatic carbocycles. The number of rotatable bonds is 4. The second kappa shape index (κ2) is 11.4. The van der Waals surface area contributed by atoms with Gasteiger partial charge in [0, 0.05) is 6.42 Å². The molecule has 1 saturated carbocycles. The molecule has 2 N–H and O–H groups in total. The number of hydrogen-bond acceptors (Lipinski definition) is 5. The van der Waals surface area contributed by atoms with Crippen LogP contribution < -0.4 is 0 Å².